The predicted octanol–water partition coefficient (Wildman–Crippen LogP) is 1.35. The number of hydrogen-bond acceptors (Lipinski definition) is 6. The predicted molar refractivity (Wildman–Crippen MR) is 68.0 cm³/mol. The van der Waals surface area contributed by atoms with Gasteiger partial charge in [-0.25, -0.2) is 0 Å². The summed E-state index contributed by atoms with van der Waals surface area (Å²) in [5.74, 6) is -1.39. The van der Waals surface area contributed by atoms with Crippen LogP contribution in [-0.4, -0.2) is 34.3 Å². The molecule has 1 N–H and O–H groups in total. The Labute approximate surface area is 115 Å². The Balaban J connectivity index is 2.25. The molecule has 2 atom stereocenters. The van der Waals surface area contributed by atoms with E-state index >= 15 is 0 Å². The summed E-state index contributed by atoms with van der Waals surface area (Å²) in [5, 5.41) is 21.0. The zero-order valence-corrected chi connectivity index (χ0v) is 11.1. The summed E-state index contributed by atoms with van der Waals surface area (Å²) in [5.41, 5.74) is 0.107. The summed E-state index contributed by atoms with van der Waals surface area (Å²) in [6.07, 6.45) is -2.37. The number of aliphatic hydroxyl groups excluding tert-OH is 1. The molecule has 1 aromatic carbocycles. The van der Waals surface area contributed by atoms with E-state index in [-0.39, 0.29) is 17.9 Å². The van der Waals surface area contributed by atoms with Gasteiger partial charge in [0.1, 0.15) is 12.7 Å². The van der Waals surface area contributed by atoms with E-state index < -0.39 is 28.7 Å². The molecule has 0 aromatic heterocycles. The fraction of sp³-hybridized carbons (Fsp3) is 0.462. The van der Waals surface area contributed by atoms with Crippen LogP contribution >= 0.6 is 0 Å². The van der Waals surface area contributed by atoms with Crippen LogP contribution in [0.3, 0.4) is 0 Å². The van der Waals surface area contributed by atoms with Crippen LogP contribution in [0.4, 0.5) is 5.69 Å². The Hall–Kier alpha value is -1.83. The van der Waals surface area contributed by atoms with E-state index in [4.69, 9.17) is 9.47 Å². The Morgan fingerprint density at radius 2 is 2.20 bits per heavy atom. The van der Waals surface area contributed by atoms with Gasteiger partial charge in [0, 0.05) is 12.1 Å². The topological polar surface area (TPSA) is 98.9 Å². The molecule has 1 fully saturated rings. The van der Waals surface area contributed by atoms with Gasteiger partial charge in [-0.2, -0.15) is 0 Å². The van der Waals surface area contributed by atoms with Gasteiger partial charge in [-0.3, -0.25) is 14.9 Å². The molecular formula is C13H15NO6. The smallest absolute Gasteiger partial charge is 0.269 e. The maximum atomic E-state index is 11.8. The van der Waals surface area contributed by atoms with Gasteiger partial charge in [0.05, 0.1) is 4.92 Å². The number of nitrogens with zero attached hydrogens (tertiary/aromatic N) is 1. The molecule has 108 valence electrons. The third-order valence-corrected chi connectivity index (χ3v) is 3.00. The second-order valence-electron chi connectivity index (χ2n) is 4.99. The summed E-state index contributed by atoms with van der Waals surface area (Å²) in [4.78, 5) is 21.9. The highest BCUT2D eigenvalue weighted by atomic mass is 16.7. The number of ether oxygens (including phenoxy) is 2. The van der Waals surface area contributed by atoms with E-state index in [1.807, 2.05) is 0 Å². The van der Waals surface area contributed by atoms with Gasteiger partial charge in [0.25, 0.3) is 5.69 Å². The zero-order chi connectivity index (χ0) is 14.9. The van der Waals surface area contributed by atoms with E-state index in [1.54, 1.807) is 13.8 Å². The first-order valence-electron chi connectivity index (χ1n) is 6.07. The molecule has 0 saturated carbocycles. The molecule has 1 aromatic rings. The summed E-state index contributed by atoms with van der Waals surface area (Å²) in [7, 11) is 0. The van der Waals surface area contributed by atoms with Crippen molar-refractivity contribution >= 4 is 11.5 Å². The molecule has 0 spiro atoms. The van der Waals surface area contributed by atoms with E-state index in [9.17, 15) is 20.0 Å². The Morgan fingerprint density at radius 1 is 1.50 bits per heavy atom. The molecule has 7 heteroatoms. The normalized spacial score (nSPS) is 23.4. The van der Waals surface area contributed by atoms with Gasteiger partial charge in [-0.05, 0) is 19.4 Å². The van der Waals surface area contributed by atoms with E-state index in [1.165, 1.54) is 24.3 Å². The summed E-state index contributed by atoms with van der Waals surface area (Å²) in [6.45, 7) is 3.10. The van der Waals surface area contributed by atoms with Crippen molar-refractivity contribution in [3.63, 3.8) is 0 Å². The molecule has 1 aliphatic rings. The van der Waals surface area contributed by atoms with Crippen molar-refractivity contribution in [2.75, 3.05) is 6.61 Å². The molecule has 7 nitrogen and oxygen atoms in total. The summed E-state index contributed by atoms with van der Waals surface area (Å²) >= 11 is 0. The van der Waals surface area contributed by atoms with Crippen molar-refractivity contribution < 1.29 is 24.3 Å². The number of aliphatic hydroxyl groups is 1. The molecule has 0 radical (unpaired) electrons. The Bertz CT molecular complexity index is 541. The standard InChI is InChI=1S/C13H15NO6/c1-13(2)19-7-10(15)12(20-13)11(16)8-4-3-5-9(6-8)14(17)18/h3-6,11-12,16H,7H2,1-2H3/t11-,12+/m1/s1. The largest absolute Gasteiger partial charge is 0.385 e. The fourth-order valence-electron chi connectivity index (χ4n) is 1.97. The van der Waals surface area contributed by atoms with Crippen LogP contribution in [-0.2, 0) is 14.3 Å². The number of benzene rings is 1. The number of hydrogen-bond donors (Lipinski definition) is 1. The number of non-ortho nitro benzene ring substituents is 1. The average Bonchev–Trinajstić information content (AvgIpc) is 2.41. The van der Waals surface area contributed by atoms with Gasteiger partial charge in [0.2, 0.25) is 0 Å². The van der Waals surface area contributed by atoms with Crippen molar-refractivity contribution in [2.45, 2.75) is 31.8 Å². The van der Waals surface area contributed by atoms with Gasteiger partial charge in [-0.15, -0.1) is 0 Å². The number of Topliss-reactive ketones (excluding diaryl/α,β-unsaturated/α-hetero) is 1. The zero-order valence-electron chi connectivity index (χ0n) is 11.1. The monoisotopic (exact) mass is 281 g/mol. The van der Waals surface area contributed by atoms with Gasteiger partial charge in [-0.1, -0.05) is 12.1 Å². The number of nitro groups is 1. The van der Waals surface area contributed by atoms with Crippen LogP contribution in [0.25, 0.3) is 0 Å². The first-order chi connectivity index (χ1) is 9.30. The molecule has 0 aliphatic carbocycles. The van der Waals surface area contributed by atoms with Crippen molar-refractivity contribution in [1.82, 2.24) is 0 Å². The first kappa shape index (κ1) is 14.6. The molecule has 20 heavy (non-hydrogen) atoms. The lowest BCUT2D eigenvalue weighted by Crippen LogP contribution is -2.48. The highest BCUT2D eigenvalue weighted by Gasteiger charge is 2.40. The molecular weight excluding hydrogens is 266 g/mol. The fourth-order valence-corrected chi connectivity index (χ4v) is 1.97. The van der Waals surface area contributed by atoms with Crippen LogP contribution in [0.1, 0.15) is 25.5 Å². The van der Waals surface area contributed by atoms with Crippen molar-refractivity contribution in [1.29, 1.82) is 0 Å². The quantitative estimate of drug-likeness (QED) is 0.663. The number of ketones is 1. The minimum Gasteiger partial charge on any atom is -0.385 e. The molecule has 0 unspecified atom stereocenters. The van der Waals surface area contributed by atoms with Gasteiger partial charge in [0.15, 0.2) is 17.7 Å². The van der Waals surface area contributed by atoms with Crippen LogP contribution in [0.5, 0.6) is 0 Å². The van der Waals surface area contributed by atoms with Crippen molar-refractivity contribution in [3.8, 4) is 0 Å². The Kier molecular flexibility index (Phi) is 3.85. The van der Waals surface area contributed by atoms with Crippen molar-refractivity contribution in [3.05, 3.63) is 39.9 Å². The van der Waals surface area contributed by atoms with Gasteiger partial charge < -0.3 is 14.6 Å². The van der Waals surface area contributed by atoms with Gasteiger partial charge >= 0.3 is 0 Å². The summed E-state index contributed by atoms with van der Waals surface area (Å²) < 4.78 is 10.6. The van der Waals surface area contributed by atoms with Crippen LogP contribution < -0.4 is 0 Å². The number of nitro benzene ring substituents is 1. The molecule has 0 bridgehead atoms. The van der Waals surface area contributed by atoms with Crippen LogP contribution in [0.15, 0.2) is 24.3 Å². The van der Waals surface area contributed by atoms with Crippen LogP contribution in [0, 0.1) is 10.1 Å². The maximum absolute atomic E-state index is 11.8. The summed E-state index contributed by atoms with van der Waals surface area (Å²) in [6, 6.07) is 5.50. The van der Waals surface area contributed by atoms with E-state index in [2.05, 4.69) is 0 Å². The number of carbonyl (C=O) groups excluding carboxylic acids is 1. The molecule has 2 rings (SSSR count). The minimum absolute atomic E-state index is 0.152. The lowest BCUT2D eigenvalue weighted by Gasteiger charge is -2.36. The number of rotatable bonds is 3. The number of carbonyl (C=O) groups is 1. The average molecular weight is 281 g/mol. The van der Waals surface area contributed by atoms with E-state index in [0.717, 1.165) is 0 Å². The second-order valence-corrected chi connectivity index (χ2v) is 4.99. The molecule has 1 heterocycles. The Morgan fingerprint density at radius 3 is 2.85 bits per heavy atom. The molecule has 1 saturated heterocycles. The second kappa shape index (κ2) is 5.28. The third-order valence-electron chi connectivity index (χ3n) is 3.00. The van der Waals surface area contributed by atoms with Crippen LogP contribution in [0.2, 0.25) is 0 Å². The highest BCUT2D eigenvalue weighted by molar-refractivity contribution is 5.85. The minimum atomic E-state index is -1.27. The van der Waals surface area contributed by atoms with E-state index in [0.29, 0.717) is 0 Å². The van der Waals surface area contributed by atoms with Crippen molar-refractivity contribution in [2.24, 2.45) is 0 Å². The highest BCUT2D eigenvalue weighted by Crippen LogP contribution is 2.30. The SMILES string of the molecule is CC1(C)OCC(=O)[C@@H]([C@H](O)c2cccc([N+](=O)[O-])c2)O1. The molecule has 1 aliphatic heterocycles. The lowest BCUT2D eigenvalue weighted by atomic mass is 9.99. The maximum Gasteiger partial charge on any atom is 0.269 e. The first-order valence-corrected chi connectivity index (χ1v) is 6.07. The third kappa shape index (κ3) is 3.01. The lowest BCUT2D eigenvalue weighted by molar-refractivity contribution is -0.385. The molecule has 0 amide bonds.